The standard InChI is InChI=1S/C25H19N3O2/c1-12-8-9-14-16(11-12)26-21-17(14)19-20(25(30)27-24(19)29)18-15-7-4-6-13-5-2-3-10-28(22(13)15)23(18)21/h4,6-9,11,26H,2-3,5,10H2,1H3,(H,27,29,30). The molecular weight excluding hydrogens is 374 g/mol. The molecule has 2 amide bonds. The van der Waals surface area contributed by atoms with Crippen LogP contribution in [0.5, 0.6) is 0 Å². The molecule has 0 aliphatic carbocycles. The molecule has 4 heterocycles. The molecule has 2 aromatic heterocycles. The average molecular weight is 393 g/mol. The van der Waals surface area contributed by atoms with Crippen molar-refractivity contribution in [2.24, 2.45) is 0 Å². The first-order chi connectivity index (χ1) is 14.6. The number of hydrogen-bond acceptors (Lipinski definition) is 2. The number of nitrogens with zero attached hydrogens (tertiary/aromatic N) is 1. The van der Waals surface area contributed by atoms with E-state index in [1.807, 2.05) is 0 Å². The van der Waals surface area contributed by atoms with Crippen molar-refractivity contribution >= 4 is 55.4 Å². The number of H-pyrrole nitrogens is 1. The summed E-state index contributed by atoms with van der Waals surface area (Å²) in [7, 11) is 0. The second-order valence-electron chi connectivity index (χ2n) is 8.60. The van der Waals surface area contributed by atoms with Crippen LogP contribution in [-0.4, -0.2) is 21.4 Å². The van der Waals surface area contributed by atoms with Crippen LogP contribution in [0.2, 0.25) is 0 Å². The van der Waals surface area contributed by atoms with E-state index in [1.54, 1.807) is 0 Å². The fourth-order valence-corrected chi connectivity index (χ4v) is 5.69. The first-order valence-corrected chi connectivity index (χ1v) is 10.5. The molecule has 0 bridgehead atoms. The lowest BCUT2D eigenvalue weighted by Gasteiger charge is -2.08. The SMILES string of the molecule is Cc1ccc2c(c1)[nH]c1c2c2c(c3c4cccc5c4n(c13)CCCC5)C(=O)NC2=O. The minimum absolute atomic E-state index is 0.287. The largest absolute Gasteiger partial charge is 0.353 e. The normalized spacial score (nSPS) is 16.0. The number of aryl methyl sites for hydroxylation is 3. The number of aromatic nitrogens is 2. The van der Waals surface area contributed by atoms with Crippen LogP contribution in [-0.2, 0) is 13.0 Å². The zero-order chi connectivity index (χ0) is 20.1. The molecule has 0 radical (unpaired) electrons. The number of nitrogens with one attached hydrogen (secondary N) is 2. The predicted molar refractivity (Wildman–Crippen MR) is 118 cm³/mol. The van der Waals surface area contributed by atoms with E-state index in [4.69, 9.17) is 0 Å². The van der Waals surface area contributed by atoms with Gasteiger partial charge in [0, 0.05) is 33.6 Å². The van der Waals surface area contributed by atoms with Gasteiger partial charge in [-0.1, -0.05) is 30.3 Å². The number of carbonyl (C=O) groups excluding carboxylic acids is 2. The molecule has 2 N–H and O–H groups in total. The van der Waals surface area contributed by atoms with Gasteiger partial charge in [-0.3, -0.25) is 14.9 Å². The number of amides is 2. The molecule has 3 aromatic carbocycles. The third-order valence-electron chi connectivity index (χ3n) is 6.87. The van der Waals surface area contributed by atoms with Crippen LogP contribution < -0.4 is 5.32 Å². The molecule has 0 unspecified atom stereocenters. The molecule has 0 atom stereocenters. The summed E-state index contributed by atoms with van der Waals surface area (Å²) in [5, 5.41) is 6.40. The Kier molecular flexibility index (Phi) is 2.87. The predicted octanol–water partition coefficient (Wildman–Crippen LogP) is 4.96. The lowest BCUT2D eigenvalue weighted by atomic mass is 9.95. The van der Waals surface area contributed by atoms with Crippen molar-refractivity contribution in [2.45, 2.75) is 32.7 Å². The van der Waals surface area contributed by atoms with Crippen LogP contribution in [0.15, 0.2) is 36.4 Å². The van der Waals surface area contributed by atoms with Gasteiger partial charge in [0.2, 0.25) is 0 Å². The maximum Gasteiger partial charge on any atom is 0.259 e. The Labute approximate surface area is 171 Å². The van der Waals surface area contributed by atoms with E-state index in [0.717, 1.165) is 69.5 Å². The van der Waals surface area contributed by atoms with Crippen LogP contribution >= 0.6 is 0 Å². The van der Waals surface area contributed by atoms with Crippen molar-refractivity contribution in [3.8, 4) is 0 Å². The van der Waals surface area contributed by atoms with Crippen molar-refractivity contribution in [1.29, 1.82) is 0 Å². The van der Waals surface area contributed by atoms with E-state index in [0.29, 0.717) is 11.1 Å². The zero-order valence-electron chi connectivity index (χ0n) is 16.6. The number of para-hydroxylation sites is 1. The highest BCUT2D eigenvalue weighted by atomic mass is 16.2. The van der Waals surface area contributed by atoms with E-state index < -0.39 is 0 Å². The minimum Gasteiger partial charge on any atom is -0.353 e. The summed E-state index contributed by atoms with van der Waals surface area (Å²) in [6.07, 6.45) is 3.29. The van der Waals surface area contributed by atoms with Gasteiger partial charge in [-0.05, 0) is 43.4 Å². The molecule has 0 saturated heterocycles. The van der Waals surface area contributed by atoms with Gasteiger partial charge in [-0.2, -0.15) is 0 Å². The van der Waals surface area contributed by atoms with Crippen molar-refractivity contribution in [2.75, 3.05) is 0 Å². The maximum absolute atomic E-state index is 13.0. The van der Waals surface area contributed by atoms with Gasteiger partial charge in [0.1, 0.15) is 0 Å². The van der Waals surface area contributed by atoms with Crippen LogP contribution in [0.4, 0.5) is 0 Å². The molecule has 0 fully saturated rings. The Morgan fingerprint density at radius 2 is 1.73 bits per heavy atom. The second-order valence-corrected chi connectivity index (χ2v) is 8.60. The van der Waals surface area contributed by atoms with Crippen LogP contribution in [0, 0.1) is 6.92 Å². The molecule has 5 aromatic rings. The van der Waals surface area contributed by atoms with Crippen molar-refractivity contribution < 1.29 is 9.59 Å². The lowest BCUT2D eigenvalue weighted by Crippen LogP contribution is -2.20. The quantitative estimate of drug-likeness (QED) is 0.365. The smallest absolute Gasteiger partial charge is 0.259 e. The number of benzene rings is 3. The molecule has 5 nitrogen and oxygen atoms in total. The molecule has 5 heteroatoms. The van der Waals surface area contributed by atoms with Crippen LogP contribution in [0.1, 0.15) is 44.7 Å². The molecular formula is C25H19N3O2. The fraction of sp³-hybridized carbons (Fsp3) is 0.200. The monoisotopic (exact) mass is 393 g/mol. The van der Waals surface area contributed by atoms with Crippen molar-refractivity contribution in [1.82, 2.24) is 14.9 Å². The third kappa shape index (κ3) is 1.79. The number of carbonyl (C=O) groups is 2. The van der Waals surface area contributed by atoms with E-state index in [2.05, 4.69) is 58.2 Å². The maximum atomic E-state index is 13.0. The summed E-state index contributed by atoms with van der Waals surface area (Å²) in [5.74, 6) is -0.586. The number of hydrogen-bond donors (Lipinski definition) is 2. The highest BCUT2D eigenvalue weighted by Gasteiger charge is 2.36. The van der Waals surface area contributed by atoms with Crippen molar-refractivity contribution in [3.05, 3.63) is 58.7 Å². The van der Waals surface area contributed by atoms with E-state index in [1.165, 1.54) is 11.1 Å². The molecule has 0 saturated carbocycles. The molecule has 2 aliphatic heterocycles. The highest BCUT2D eigenvalue weighted by molar-refractivity contribution is 6.39. The number of fused-ring (bicyclic) bond motifs is 10. The third-order valence-corrected chi connectivity index (χ3v) is 6.87. The summed E-state index contributed by atoms with van der Waals surface area (Å²) in [6, 6.07) is 12.6. The average Bonchev–Trinajstić information content (AvgIpc) is 3.28. The molecule has 0 spiro atoms. The Hall–Kier alpha value is -3.60. The van der Waals surface area contributed by atoms with Gasteiger partial charge >= 0.3 is 0 Å². The van der Waals surface area contributed by atoms with Gasteiger partial charge in [-0.15, -0.1) is 0 Å². The summed E-state index contributed by atoms with van der Waals surface area (Å²) in [4.78, 5) is 29.6. The molecule has 7 rings (SSSR count). The van der Waals surface area contributed by atoms with Gasteiger partial charge in [0.05, 0.1) is 27.7 Å². The van der Waals surface area contributed by atoms with E-state index in [9.17, 15) is 9.59 Å². The molecule has 2 aliphatic rings. The molecule has 30 heavy (non-hydrogen) atoms. The summed E-state index contributed by atoms with van der Waals surface area (Å²) >= 11 is 0. The van der Waals surface area contributed by atoms with Gasteiger partial charge in [-0.25, -0.2) is 0 Å². The fourth-order valence-electron chi connectivity index (χ4n) is 5.69. The van der Waals surface area contributed by atoms with E-state index >= 15 is 0 Å². The Bertz CT molecular complexity index is 1620. The minimum atomic E-state index is -0.299. The van der Waals surface area contributed by atoms with Crippen molar-refractivity contribution in [3.63, 3.8) is 0 Å². The second kappa shape index (κ2) is 5.30. The van der Waals surface area contributed by atoms with Gasteiger partial charge in [0.15, 0.2) is 0 Å². The number of rotatable bonds is 0. The summed E-state index contributed by atoms with van der Waals surface area (Å²) < 4.78 is 2.38. The van der Waals surface area contributed by atoms with Gasteiger partial charge in [0.25, 0.3) is 11.8 Å². The first kappa shape index (κ1) is 16.2. The lowest BCUT2D eigenvalue weighted by molar-refractivity contribution is 0.0880. The van der Waals surface area contributed by atoms with Crippen LogP contribution in [0.25, 0.3) is 43.6 Å². The Morgan fingerprint density at radius 1 is 0.900 bits per heavy atom. The van der Waals surface area contributed by atoms with E-state index in [-0.39, 0.29) is 11.8 Å². The molecule has 146 valence electrons. The summed E-state index contributed by atoms with van der Waals surface area (Å²) in [5.41, 5.74) is 7.73. The first-order valence-electron chi connectivity index (χ1n) is 10.5. The Morgan fingerprint density at radius 3 is 2.60 bits per heavy atom. The zero-order valence-corrected chi connectivity index (χ0v) is 16.6. The summed E-state index contributed by atoms with van der Waals surface area (Å²) in [6.45, 7) is 2.97. The highest BCUT2D eigenvalue weighted by Crippen LogP contribution is 2.44. The van der Waals surface area contributed by atoms with Crippen LogP contribution in [0.3, 0.4) is 0 Å². The number of imide groups is 1. The Balaban J connectivity index is 1.86. The topological polar surface area (TPSA) is 66.9 Å². The van der Waals surface area contributed by atoms with Gasteiger partial charge < -0.3 is 9.55 Å². The number of aromatic amines is 1.